The lowest BCUT2D eigenvalue weighted by Gasteiger charge is -2.15. The van der Waals surface area contributed by atoms with E-state index in [1.54, 1.807) is 0 Å². The summed E-state index contributed by atoms with van der Waals surface area (Å²) in [5, 5.41) is 21.0. The van der Waals surface area contributed by atoms with Crippen LogP contribution in [0.4, 0.5) is 0 Å². The first kappa shape index (κ1) is 19.5. The molecule has 5 nitrogen and oxygen atoms in total. The summed E-state index contributed by atoms with van der Waals surface area (Å²) in [6.07, 6.45) is -0.455. The highest BCUT2D eigenvalue weighted by atomic mass is 16.4. The summed E-state index contributed by atoms with van der Waals surface area (Å²) in [6, 6.07) is 18.4. The molecule has 2 fully saturated rings. The van der Waals surface area contributed by atoms with Crippen LogP contribution in [0.15, 0.2) is 59.0 Å². The molecule has 0 amide bonds. The average molecular weight is 405 g/mol. The van der Waals surface area contributed by atoms with E-state index < -0.39 is 6.10 Å². The lowest BCUT2D eigenvalue weighted by atomic mass is 9.95. The molecule has 0 unspecified atom stereocenters. The summed E-state index contributed by atoms with van der Waals surface area (Å²) in [7, 11) is 0. The predicted molar refractivity (Wildman–Crippen MR) is 115 cm³/mol. The topological polar surface area (TPSA) is 69.7 Å². The minimum Gasteiger partial charge on any atom is -0.441 e. The number of aliphatic hydroxyl groups is 2. The molecule has 2 aromatic carbocycles. The van der Waals surface area contributed by atoms with Crippen LogP contribution in [0.3, 0.4) is 0 Å². The fourth-order valence-corrected chi connectivity index (χ4v) is 5.39. The molecule has 3 aromatic rings. The maximum atomic E-state index is 11.0. The van der Waals surface area contributed by atoms with Crippen molar-refractivity contribution in [1.82, 2.24) is 9.88 Å². The Balaban J connectivity index is 1.35. The van der Waals surface area contributed by atoms with Gasteiger partial charge in [0.1, 0.15) is 5.76 Å². The average Bonchev–Trinajstić information content (AvgIpc) is 3.09. The van der Waals surface area contributed by atoms with Gasteiger partial charge in [0.2, 0.25) is 5.89 Å². The van der Waals surface area contributed by atoms with E-state index in [4.69, 9.17) is 9.40 Å². The number of β-amino-alcohol motifs (C(OH)–C–C–N with tert-alkyl or cyclic N) is 1. The van der Waals surface area contributed by atoms with E-state index in [9.17, 15) is 10.2 Å². The Morgan fingerprint density at radius 1 is 1.10 bits per heavy atom. The molecule has 2 N–H and O–H groups in total. The summed E-state index contributed by atoms with van der Waals surface area (Å²) < 4.78 is 5.94. The summed E-state index contributed by atoms with van der Waals surface area (Å²) in [6.45, 7) is 6.09. The molecule has 2 aliphatic rings. The van der Waals surface area contributed by atoms with E-state index in [0.29, 0.717) is 19.0 Å². The van der Waals surface area contributed by atoms with Gasteiger partial charge >= 0.3 is 0 Å². The molecule has 1 aromatic heterocycles. The van der Waals surface area contributed by atoms with Crippen molar-refractivity contribution in [3.63, 3.8) is 0 Å². The Morgan fingerprint density at radius 2 is 1.83 bits per heavy atom. The summed E-state index contributed by atoms with van der Waals surface area (Å²) in [5.41, 5.74) is 4.02. The van der Waals surface area contributed by atoms with E-state index in [1.165, 1.54) is 11.1 Å². The van der Waals surface area contributed by atoms with Crippen molar-refractivity contribution < 1.29 is 14.6 Å². The molecule has 0 bridgehead atoms. The van der Waals surface area contributed by atoms with E-state index >= 15 is 0 Å². The van der Waals surface area contributed by atoms with Crippen molar-refractivity contribution in [2.75, 3.05) is 19.7 Å². The third kappa shape index (κ3) is 3.09. The lowest BCUT2D eigenvalue weighted by Crippen LogP contribution is -2.23. The molecule has 1 saturated heterocycles. The van der Waals surface area contributed by atoms with E-state index in [-0.39, 0.29) is 23.9 Å². The number of likely N-dealkylation sites (tertiary alicyclic amines) is 1. The highest BCUT2D eigenvalue weighted by molar-refractivity contribution is 5.54. The second kappa shape index (κ2) is 7.34. The highest BCUT2D eigenvalue weighted by Crippen LogP contribution is 2.68. The molecule has 0 radical (unpaired) electrons. The van der Waals surface area contributed by atoms with Gasteiger partial charge in [-0.15, -0.1) is 0 Å². The maximum absolute atomic E-state index is 11.0. The minimum atomic E-state index is -0.455. The Morgan fingerprint density at radius 3 is 2.53 bits per heavy atom. The van der Waals surface area contributed by atoms with Gasteiger partial charge in [0.25, 0.3) is 0 Å². The van der Waals surface area contributed by atoms with Gasteiger partial charge in [0, 0.05) is 37.2 Å². The number of oxazole rings is 1. The highest BCUT2D eigenvalue weighted by Gasteiger charge is 2.70. The quantitative estimate of drug-likeness (QED) is 0.681. The normalized spacial score (nSPS) is 28.3. The number of benzene rings is 2. The predicted octanol–water partition coefficient (Wildman–Crippen LogP) is 3.53. The molecule has 1 spiro atoms. The molecule has 2 heterocycles. The van der Waals surface area contributed by atoms with E-state index in [1.807, 2.05) is 37.3 Å². The smallest absolute Gasteiger partial charge is 0.226 e. The third-order valence-electron chi connectivity index (χ3n) is 7.03. The Labute approximate surface area is 177 Å². The number of rotatable bonds is 5. The molecule has 1 saturated carbocycles. The van der Waals surface area contributed by atoms with Crippen molar-refractivity contribution in [2.24, 2.45) is 11.3 Å². The van der Waals surface area contributed by atoms with E-state index in [0.717, 1.165) is 23.6 Å². The Hall–Kier alpha value is -2.47. The van der Waals surface area contributed by atoms with Gasteiger partial charge < -0.3 is 14.6 Å². The van der Waals surface area contributed by atoms with Gasteiger partial charge in [-0.1, -0.05) is 48.0 Å². The molecule has 5 rings (SSSR count). The molecule has 1 aliphatic heterocycles. The van der Waals surface area contributed by atoms with Gasteiger partial charge in [-0.25, -0.2) is 4.98 Å². The molecule has 4 atom stereocenters. The summed E-state index contributed by atoms with van der Waals surface area (Å²) in [5.74, 6) is 1.75. The Kier molecular flexibility index (Phi) is 4.77. The van der Waals surface area contributed by atoms with Crippen LogP contribution in [-0.4, -0.2) is 45.9 Å². The van der Waals surface area contributed by atoms with Crippen molar-refractivity contribution in [3.8, 4) is 11.5 Å². The molecule has 156 valence electrons. The number of nitrogens with zero attached hydrogens (tertiary/aromatic N) is 2. The van der Waals surface area contributed by atoms with Crippen molar-refractivity contribution >= 4 is 0 Å². The summed E-state index contributed by atoms with van der Waals surface area (Å²) in [4.78, 5) is 6.99. The number of hydrogen-bond donors (Lipinski definition) is 2. The number of aliphatic hydroxyl groups excluding tert-OH is 2. The van der Waals surface area contributed by atoms with E-state index in [2.05, 4.69) is 36.1 Å². The van der Waals surface area contributed by atoms with Gasteiger partial charge in [-0.3, -0.25) is 4.90 Å². The molecular formula is C25H28N2O3. The number of hydrogen-bond acceptors (Lipinski definition) is 5. The van der Waals surface area contributed by atoms with Crippen molar-refractivity contribution in [3.05, 3.63) is 77.2 Å². The maximum Gasteiger partial charge on any atom is 0.226 e. The van der Waals surface area contributed by atoms with Crippen LogP contribution in [0.2, 0.25) is 0 Å². The Bertz CT molecular complexity index is 1030. The fraction of sp³-hybridized carbons (Fsp3) is 0.400. The monoisotopic (exact) mass is 404 g/mol. The zero-order valence-corrected chi connectivity index (χ0v) is 17.5. The molecular weight excluding hydrogens is 376 g/mol. The number of aromatic nitrogens is 1. The fourth-order valence-electron chi connectivity index (χ4n) is 5.39. The SMILES string of the molecule is Cc1ccc(-c2nc(CN3C[C@@H](O)[C@@]4(C3)[C@H](CO)[C@H]4c3ccccc3)c(C)o2)cc1. The first-order valence-electron chi connectivity index (χ1n) is 10.6. The van der Waals surface area contributed by atoms with Crippen LogP contribution in [0.1, 0.15) is 28.5 Å². The van der Waals surface area contributed by atoms with Crippen LogP contribution in [-0.2, 0) is 6.54 Å². The third-order valence-corrected chi connectivity index (χ3v) is 7.03. The van der Waals surface area contributed by atoms with Gasteiger partial charge in [0.15, 0.2) is 0 Å². The molecule has 5 heteroatoms. The minimum absolute atomic E-state index is 0.0985. The lowest BCUT2D eigenvalue weighted by molar-refractivity contribution is 0.111. The second-order valence-electron chi connectivity index (χ2n) is 8.86. The standard InChI is InChI=1S/C25H28N2O3/c1-16-8-10-19(11-9-16)24-26-21(17(2)30-24)12-27-13-22(29)25(15-27)20(14-28)23(25)18-6-4-3-5-7-18/h3-11,20,22-23,28-29H,12-15H2,1-2H3/t20-,22-,23-,25-/m1/s1. The second-order valence-corrected chi connectivity index (χ2v) is 8.86. The van der Waals surface area contributed by atoms with Crippen molar-refractivity contribution in [2.45, 2.75) is 32.4 Å². The van der Waals surface area contributed by atoms with Crippen LogP contribution >= 0.6 is 0 Å². The zero-order chi connectivity index (χ0) is 20.9. The molecule has 1 aliphatic carbocycles. The van der Waals surface area contributed by atoms with Crippen LogP contribution in [0.25, 0.3) is 11.5 Å². The van der Waals surface area contributed by atoms with Gasteiger partial charge in [-0.2, -0.15) is 0 Å². The number of aryl methyl sites for hydroxylation is 2. The van der Waals surface area contributed by atoms with Crippen LogP contribution in [0, 0.1) is 25.2 Å². The van der Waals surface area contributed by atoms with Gasteiger partial charge in [-0.05, 0) is 43.4 Å². The first-order chi connectivity index (χ1) is 14.5. The van der Waals surface area contributed by atoms with Gasteiger partial charge in [0.05, 0.1) is 11.8 Å². The zero-order valence-electron chi connectivity index (χ0n) is 17.5. The van der Waals surface area contributed by atoms with Crippen LogP contribution < -0.4 is 0 Å². The van der Waals surface area contributed by atoms with Crippen molar-refractivity contribution in [1.29, 1.82) is 0 Å². The largest absolute Gasteiger partial charge is 0.441 e. The summed E-state index contributed by atoms with van der Waals surface area (Å²) >= 11 is 0. The molecule has 30 heavy (non-hydrogen) atoms. The first-order valence-corrected chi connectivity index (χ1v) is 10.6. The van der Waals surface area contributed by atoms with Crippen LogP contribution in [0.5, 0.6) is 0 Å².